The average molecular weight is 236 g/mol. The summed E-state index contributed by atoms with van der Waals surface area (Å²) >= 11 is 0. The summed E-state index contributed by atoms with van der Waals surface area (Å²) in [7, 11) is 0. The summed E-state index contributed by atoms with van der Waals surface area (Å²) in [5.41, 5.74) is 0. The first kappa shape index (κ1) is 13.8. The minimum Gasteiger partial charge on any atom is -0.377 e. The van der Waals surface area contributed by atoms with Crippen LogP contribution in [0.25, 0.3) is 0 Å². The van der Waals surface area contributed by atoms with E-state index in [0.717, 1.165) is 0 Å². The molecule has 1 fully saturated rings. The molecular formula is C10H20O6. The smallest absolute Gasteiger partial charge is 0.146 e. The molecule has 1 rings (SSSR count). The molecule has 0 spiro atoms. The summed E-state index contributed by atoms with van der Waals surface area (Å²) in [6.45, 7) is 4.84. The van der Waals surface area contributed by atoms with Gasteiger partial charge in [0, 0.05) is 0 Å². The number of ether oxygens (including phenoxy) is 6. The molecule has 0 aliphatic carbocycles. The van der Waals surface area contributed by atoms with Crippen LogP contribution in [0.5, 0.6) is 0 Å². The van der Waals surface area contributed by atoms with Crippen LogP contribution in [0.1, 0.15) is 0 Å². The van der Waals surface area contributed by atoms with Gasteiger partial charge >= 0.3 is 0 Å². The highest BCUT2D eigenvalue weighted by atomic mass is 16.7. The first-order valence-corrected chi connectivity index (χ1v) is 5.46. The monoisotopic (exact) mass is 236 g/mol. The lowest BCUT2D eigenvalue weighted by Gasteiger charge is -2.10. The predicted octanol–water partition coefficient (Wildman–Crippen LogP) is 0.0146. The van der Waals surface area contributed by atoms with Crippen molar-refractivity contribution in [3.63, 3.8) is 0 Å². The van der Waals surface area contributed by atoms with Crippen molar-refractivity contribution in [2.45, 2.75) is 0 Å². The summed E-state index contributed by atoms with van der Waals surface area (Å²) < 4.78 is 31.2. The Hall–Kier alpha value is -0.240. The Labute approximate surface area is 95.7 Å². The van der Waals surface area contributed by atoms with E-state index in [2.05, 4.69) is 0 Å². The van der Waals surface area contributed by atoms with E-state index >= 15 is 0 Å². The quantitative estimate of drug-likeness (QED) is 0.591. The van der Waals surface area contributed by atoms with Gasteiger partial charge in [-0.3, -0.25) is 0 Å². The van der Waals surface area contributed by atoms with Gasteiger partial charge < -0.3 is 28.4 Å². The number of rotatable bonds is 0. The zero-order valence-corrected chi connectivity index (χ0v) is 9.52. The lowest BCUT2D eigenvalue weighted by atomic mass is 10.7. The molecule has 16 heavy (non-hydrogen) atoms. The van der Waals surface area contributed by atoms with Gasteiger partial charge in [0.1, 0.15) is 13.6 Å². The maximum atomic E-state index is 5.25. The Bertz CT molecular complexity index is 79.3. The van der Waals surface area contributed by atoms with E-state index in [0.29, 0.717) is 52.9 Å². The van der Waals surface area contributed by atoms with Crippen LogP contribution in [0.4, 0.5) is 0 Å². The van der Waals surface area contributed by atoms with Crippen molar-refractivity contribution in [2.24, 2.45) is 0 Å². The molecule has 96 valence electrons. The van der Waals surface area contributed by atoms with Crippen LogP contribution in [-0.4, -0.2) is 66.4 Å². The summed E-state index contributed by atoms with van der Waals surface area (Å²) in [5, 5.41) is 0. The van der Waals surface area contributed by atoms with Crippen LogP contribution in [0.15, 0.2) is 0 Å². The third-order valence-corrected chi connectivity index (χ3v) is 1.82. The molecule has 6 heteroatoms. The molecule has 1 aliphatic rings. The fraction of sp³-hybridized carbons (Fsp3) is 1.00. The highest BCUT2D eigenvalue weighted by Gasteiger charge is 1.95. The normalized spacial score (nSPS) is 24.0. The van der Waals surface area contributed by atoms with Gasteiger partial charge in [0.05, 0.1) is 52.9 Å². The molecule has 0 aromatic heterocycles. The SMILES string of the molecule is C1COCOCCOCCOCOCCO1. The van der Waals surface area contributed by atoms with Gasteiger partial charge in [-0.15, -0.1) is 0 Å². The molecule has 0 aromatic rings. The molecule has 0 saturated carbocycles. The van der Waals surface area contributed by atoms with Crippen molar-refractivity contribution in [1.82, 2.24) is 0 Å². The predicted molar refractivity (Wildman–Crippen MR) is 55.2 cm³/mol. The van der Waals surface area contributed by atoms with E-state index in [9.17, 15) is 0 Å². The van der Waals surface area contributed by atoms with Gasteiger partial charge in [-0.2, -0.15) is 0 Å². The first-order valence-electron chi connectivity index (χ1n) is 5.46. The summed E-state index contributed by atoms with van der Waals surface area (Å²) in [4.78, 5) is 0. The standard InChI is InChI=1S/C10H20O6/c1-5-13-9-15-7-3-12-4-8-16-10-14-6-2-11-1/h1-10H2. The first-order chi connectivity index (χ1) is 8.00. The third-order valence-electron chi connectivity index (χ3n) is 1.82. The molecule has 0 amide bonds. The van der Waals surface area contributed by atoms with Gasteiger partial charge in [0.2, 0.25) is 0 Å². The molecule has 1 saturated heterocycles. The Morgan fingerprint density at radius 2 is 0.562 bits per heavy atom. The van der Waals surface area contributed by atoms with E-state index in [4.69, 9.17) is 28.4 Å². The Morgan fingerprint density at radius 1 is 0.312 bits per heavy atom. The number of hydrogen-bond donors (Lipinski definition) is 0. The maximum Gasteiger partial charge on any atom is 0.146 e. The van der Waals surface area contributed by atoms with Crippen molar-refractivity contribution < 1.29 is 28.4 Å². The molecule has 0 unspecified atom stereocenters. The average Bonchev–Trinajstić information content (AvgIpc) is 2.29. The lowest BCUT2D eigenvalue weighted by molar-refractivity contribution is -0.108. The summed E-state index contributed by atoms with van der Waals surface area (Å²) in [6, 6.07) is 0. The third kappa shape index (κ3) is 9.02. The second-order valence-corrected chi connectivity index (χ2v) is 3.09. The van der Waals surface area contributed by atoms with E-state index in [1.54, 1.807) is 0 Å². The molecular weight excluding hydrogens is 216 g/mol. The van der Waals surface area contributed by atoms with Gasteiger partial charge in [-0.25, -0.2) is 0 Å². The molecule has 6 nitrogen and oxygen atoms in total. The zero-order valence-electron chi connectivity index (χ0n) is 9.52. The van der Waals surface area contributed by atoms with Crippen LogP contribution in [0.3, 0.4) is 0 Å². The second-order valence-electron chi connectivity index (χ2n) is 3.09. The van der Waals surface area contributed by atoms with Crippen molar-refractivity contribution in [1.29, 1.82) is 0 Å². The van der Waals surface area contributed by atoms with Crippen LogP contribution in [0.2, 0.25) is 0 Å². The van der Waals surface area contributed by atoms with Gasteiger partial charge in [-0.05, 0) is 0 Å². The van der Waals surface area contributed by atoms with Crippen molar-refractivity contribution >= 4 is 0 Å². The van der Waals surface area contributed by atoms with Gasteiger partial charge in [0.15, 0.2) is 0 Å². The van der Waals surface area contributed by atoms with Crippen LogP contribution >= 0.6 is 0 Å². The second kappa shape index (κ2) is 11.3. The van der Waals surface area contributed by atoms with Crippen LogP contribution in [0, 0.1) is 0 Å². The molecule has 0 bridgehead atoms. The lowest BCUT2D eigenvalue weighted by Crippen LogP contribution is -2.15. The maximum absolute atomic E-state index is 5.25. The minimum atomic E-state index is 0.277. The zero-order chi connectivity index (χ0) is 11.3. The molecule has 0 radical (unpaired) electrons. The van der Waals surface area contributed by atoms with Crippen molar-refractivity contribution in [3.05, 3.63) is 0 Å². The highest BCUT2D eigenvalue weighted by Crippen LogP contribution is 1.86. The van der Waals surface area contributed by atoms with Crippen LogP contribution < -0.4 is 0 Å². The van der Waals surface area contributed by atoms with E-state index < -0.39 is 0 Å². The van der Waals surface area contributed by atoms with Gasteiger partial charge in [-0.1, -0.05) is 0 Å². The topological polar surface area (TPSA) is 55.4 Å². The fourth-order valence-electron chi connectivity index (χ4n) is 1.03. The molecule has 1 heterocycles. The van der Waals surface area contributed by atoms with E-state index in [-0.39, 0.29) is 13.6 Å². The minimum absolute atomic E-state index is 0.277. The van der Waals surface area contributed by atoms with E-state index in [1.165, 1.54) is 0 Å². The summed E-state index contributed by atoms with van der Waals surface area (Å²) in [5.74, 6) is 0. The largest absolute Gasteiger partial charge is 0.377 e. The Balaban J connectivity index is 2.00. The Morgan fingerprint density at radius 3 is 0.875 bits per heavy atom. The highest BCUT2D eigenvalue weighted by molar-refractivity contribution is 4.33. The molecule has 0 aromatic carbocycles. The van der Waals surface area contributed by atoms with Crippen LogP contribution in [-0.2, 0) is 28.4 Å². The number of hydrogen-bond acceptors (Lipinski definition) is 6. The fourth-order valence-corrected chi connectivity index (χ4v) is 1.03. The Kier molecular flexibility index (Phi) is 9.72. The van der Waals surface area contributed by atoms with Crippen molar-refractivity contribution in [2.75, 3.05) is 66.4 Å². The molecule has 0 N–H and O–H groups in total. The van der Waals surface area contributed by atoms with E-state index in [1.807, 2.05) is 0 Å². The van der Waals surface area contributed by atoms with Gasteiger partial charge in [0.25, 0.3) is 0 Å². The van der Waals surface area contributed by atoms with Crippen molar-refractivity contribution in [3.8, 4) is 0 Å². The molecule has 0 atom stereocenters. The summed E-state index contributed by atoms with van der Waals surface area (Å²) in [6.07, 6.45) is 0. The molecule has 1 aliphatic heterocycles.